The number of aromatic nitrogens is 1. The van der Waals surface area contributed by atoms with Crippen LogP contribution in [0.2, 0.25) is 0 Å². The largest absolute Gasteiger partial charge is 0.493 e. The summed E-state index contributed by atoms with van der Waals surface area (Å²) in [5, 5.41) is 7.43. The van der Waals surface area contributed by atoms with E-state index in [1.807, 2.05) is 62.4 Å². The molecule has 34 heavy (non-hydrogen) atoms. The SMILES string of the molecule is COc1cc2c(C(=O)NC(C)CN(C)C)cc3c4cc5c(cc4ncc3c2cc1OC)OCO5. The van der Waals surface area contributed by atoms with Crippen molar-refractivity contribution in [3.63, 3.8) is 0 Å². The van der Waals surface area contributed by atoms with Gasteiger partial charge in [-0.2, -0.15) is 0 Å². The minimum atomic E-state index is -0.154. The Morgan fingerprint density at radius 3 is 2.29 bits per heavy atom. The zero-order valence-corrected chi connectivity index (χ0v) is 19.9. The van der Waals surface area contributed by atoms with Crippen LogP contribution in [-0.4, -0.2) is 63.5 Å². The molecule has 0 saturated carbocycles. The number of nitrogens with one attached hydrogen (secondary N) is 1. The Bertz CT molecular complexity index is 1430. The molecule has 4 aromatic rings. The van der Waals surface area contributed by atoms with E-state index in [4.69, 9.17) is 18.9 Å². The normalized spacial score (nSPS) is 13.6. The van der Waals surface area contributed by atoms with Gasteiger partial charge in [0.2, 0.25) is 6.79 Å². The van der Waals surface area contributed by atoms with E-state index in [0.29, 0.717) is 28.6 Å². The molecule has 0 bridgehead atoms. The predicted molar refractivity (Wildman–Crippen MR) is 131 cm³/mol. The van der Waals surface area contributed by atoms with Gasteiger partial charge in [0.15, 0.2) is 23.0 Å². The third kappa shape index (κ3) is 3.70. The molecular formula is C26H27N3O5. The minimum absolute atomic E-state index is 0.0311. The van der Waals surface area contributed by atoms with Crippen molar-refractivity contribution in [2.75, 3.05) is 41.7 Å². The molecule has 0 saturated heterocycles. The first-order valence-electron chi connectivity index (χ1n) is 11.1. The lowest BCUT2D eigenvalue weighted by Gasteiger charge is -2.20. The Balaban J connectivity index is 1.79. The van der Waals surface area contributed by atoms with Gasteiger partial charge in [0.1, 0.15) is 0 Å². The first kappa shape index (κ1) is 22.0. The molecule has 1 aromatic heterocycles. The Labute approximate surface area is 197 Å². The number of pyridine rings is 1. The van der Waals surface area contributed by atoms with Crippen molar-refractivity contribution in [2.24, 2.45) is 0 Å². The van der Waals surface area contributed by atoms with E-state index < -0.39 is 0 Å². The summed E-state index contributed by atoms with van der Waals surface area (Å²) < 4.78 is 22.2. The van der Waals surface area contributed by atoms with Crippen LogP contribution in [0, 0.1) is 0 Å². The fourth-order valence-corrected chi connectivity index (χ4v) is 4.60. The molecule has 0 aliphatic carbocycles. The second-order valence-corrected chi connectivity index (χ2v) is 8.76. The van der Waals surface area contributed by atoms with Crippen molar-refractivity contribution >= 4 is 38.4 Å². The van der Waals surface area contributed by atoms with Gasteiger partial charge in [-0.05, 0) is 61.4 Å². The van der Waals surface area contributed by atoms with E-state index in [-0.39, 0.29) is 18.7 Å². The summed E-state index contributed by atoms with van der Waals surface area (Å²) in [6, 6.07) is 9.44. The molecule has 3 aromatic carbocycles. The molecule has 1 atom stereocenters. The maximum absolute atomic E-state index is 13.5. The molecule has 1 aliphatic heterocycles. The summed E-state index contributed by atoms with van der Waals surface area (Å²) in [5.41, 5.74) is 1.32. The summed E-state index contributed by atoms with van der Waals surface area (Å²) in [5.74, 6) is 2.32. The lowest BCUT2D eigenvalue weighted by molar-refractivity contribution is 0.0936. The standard InChI is InChI=1S/C26H27N3O5/c1-14(12-29(2)3)28-26(30)19-6-15-18-9-24-25(34-13-33-24)10-21(18)27-11-20(15)17-8-23(32-5)22(31-4)7-16(17)19/h6-11,14H,12-13H2,1-5H3,(H,28,30). The molecule has 0 fully saturated rings. The first-order chi connectivity index (χ1) is 16.4. The predicted octanol–water partition coefficient (Wildman–Crippen LogP) is 3.97. The van der Waals surface area contributed by atoms with Gasteiger partial charge in [-0.25, -0.2) is 0 Å². The smallest absolute Gasteiger partial charge is 0.252 e. The molecule has 0 radical (unpaired) electrons. The Morgan fingerprint density at radius 1 is 0.971 bits per heavy atom. The number of rotatable bonds is 6. The van der Waals surface area contributed by atoms with Crippen LogP contribution in [0.15, 0.2) is 36.5 Å². The van der Waals surface area contributed by atoms with Gasteiger partial charge in [-0.3, -0.25) is 9.78 Å². The summed E-state index contributed by atoms with van der Waals surface area (Å²) in [4.78, 5) is 20.2. The number of likely N-dealkylation sites (N-methyl/N-ethyl adjacent to an activating group) is 1. The van der Waals surface area contributed by atoms with Gasteiger partial charge in [-0.1, -0.05) is 0 Å². The van der Waals surface area contributed by atoms with Crippen molar-refractivity contribution in [1.29, 1.82) is 0 Å². The molecule has 2 heterocycles. The number of amides is 1. The molecule has 0 spiro atoms. The molecule has 1 aliphatic rings. The van der Waals surface area contributed by atoms with Crippen LogP contribution in [0.3, 0.4) is 0 Å². The van der Waals surface area contributed by atoms with Gasteiger partial charge < -0.3 is 29.2 Å². The van der Waals surface area contributed by atoms with E-state index >= 15 is 0 Å². The maximum atomic E-state index is 13.5. The highest BCUT2D eigenvalue weighted by molar-refractivity contribution is 6.22. The quantitative estimate of drug-likeness (QED) is 0.435. The average molecular weight is 462 g/mol. The van der Waals surface area contributed by atoms with Crippen molar-refractivity contribution in [1.82, 2.24) is 15.2 Å². The van der Waals surface area contributed by atoms with Crippen LogP contribution >= 0.6 is 0 Å². The third-order valence-corrected chi connectivity index (χ3v) is 6.06. The number of hydrogen-bond acceptors (Lipinski definition) is 7. The number of benzene rings is 3. The number of carbonyl (C=O) groups is 1. The molecule has 1 amide bonds. The summed E-state index contributed by atoms with van der Waals surface area (Å²) in [6.45, 7) is 2.90. The van der Waals surface area contributed by atoms with E-state index in [2.05, 4.69) is 10.3 Å². The zero-order chi connectivity index (χ0) is 24.0. The van der Waals surface area contributed by atoms with Crippen LogP contribution in [-0.2, 0) is 0 Å². The lowest BCUT2D eigenvalue weighted by Crippen LogP contribution is -2.39. The zero-order valence-electron chi connectivity index (χ0n) is 19.9. The second-order valence-electron chi connectivity index (χ2n) is 8.76. The third-order valence-electron chi connectivity index (χ3n) is 6.06. The van der Waals surface area contributed by atoms with Crippen molar-refractivity contribution in [3.05, 3.63) is 42.1 Å². The van der Waals surface area contributed by atoms with E-state index in [0.717, 1.165) is 39.0 Å². The van der Waals surface area contributed by atoms with Crippen LogP contribution in [0.5, 0.6) is 23.0 Å². The fourth-order valence-electron chi connectivity index (χ4n) is 4.60. The van der Waals surface area contributed by atoms with Crippen LogP contribution in [0.1, 0.15) is 17.3 Å². The van der Waals surface area contributed by atoms with Crippen molar-refractivity contribution in [2.45, 2.75) is 13.0 Å². The monoisotopic (exact) mass is 461 g/mol. The number of carbonyl (C=O) groups excluding carboxylic acids is 1. The molecule has 8 heteroatoms. The second kappa shape index (κ2) is 8.53. The van der Waals surface area contributed by atoms with Crippen molar-refractivity contribution in [3.8, 4) is 23.0 Å². The van der Waals surface area contributed by atoms with Gasteiger partial charge in [0.05, 0.1) is 19.7 Å². The summed E-state index contributed by atoms with van der Waals surface area (Å²) in [6.07, 6.45) is 1.82. The Morgan fingerprint density at radius 2 is 1.62 bits per heavy atom. The number of nitrogens with zero attached hydrogens (tertiary/aromatic N) is 2. The fraction of sp³-hybridized carbons (Fsp3) is 0.308. The van der Waals surface area contributed by atoms with E-state index in [9.17, 15) is 4.79 Å². The minimum Gasteiger partial charge on any atom is -0.493 e. The molecule has 5 rings (SSSR count). The maximum Gasteiger partial charge on any atom is 0.252 e. The van der Waals surface area contributed by atoms with Gasteiger partial charge >= 0.3 is 0 Å². The number of hydrogen-bond donors (Lipinski definition) is 1. The van der Waals surface area contributed by atoms with Crippen LogP contribution in [0.25, 0.3) is 32.4 Å². The van der Waals surface area contributed by atoms with E-state index in [1.165, 1.54) is 0 Å². The Hall–Kier alpha value is -3.78. The Kier molecular flexibility index (Phi) is 5.53. The topological polar surface area (TPSA) is 82.2 Å². The molecule has 8 nitrogen and oxygen atoms in total. The van der Waals surface area contributed by atoms with Crippen LogP contribution in [0.4, 0.5) is 0 Å². The molecule has 1 unspecified atom stereocenters. The molecular weight excluding hydrogens is 434 g/mol. The highest BCUT2D eigenvalue weighted by Crippen LogP contribution is 2.42. The van der Waals surface area contributed by atoms with Gasteiger partial charge in [-0.15, -0.1) is 0 Å². The first-order valence-corrected chi connectivity index (χ1v) is 11.1. The summed E-state index contributed by atoms with van der Waals surface area (Å²) >= 11 is 0. The van der Waals surface area contributed by atoms with Gasteiger partial charge in [0.25, 0.3) is 5.91 Å². The number of ether oxygens (including phenoxy) is 4. The van der Waals surface area contributed by atoms with Crippen LogP contribution < -0.4 is 24.3 Å². The molecule has 176 valence electrons. The lowest BCUT2D eigenvalue weighted by atomic mass is 9.94. The van der Waals surface area contributed by atoms with E-state index in [1.54, 1.807) is 14.2 Å². The van der Waals surface area contributed by atoms with Gasteiger partial charge in [0, 0.05) is 41.2 Å². The average Bonchev–Trinajstić information content (AvgIpc) is 3.27. The highest BCUT2D eigenvalue weighted by atomic mass is 16.7. The highest BCUT2D eigenvalue weighted by Gasteiger charge is 2.21. The molecule has 1 N–H and O–H groups in total. The number of fused-ring (bicyclic) bond motifs is 6. The number of methoxy groups -OCH3 is 2. The van der Waals surface area contributed by atoms with Crippen molar-refractivity contribution < 1.29 is 23.7 Å². The summed E-state index contributed by atoms with van der Waals surface area (Å²) in [7, 11) is 7.14.